The number of carbonyl (C=O) groups excluding carboxylic acids is 2. The molecule has 0 saturated heterocycles. The fourth-order valence-corrected chi connectivity index (χ4v) is 2.35. The van der Waals surface area contributed by atoms with Crippen LogP contribution in [0.1, 0.15) is 24.8 Å². The second-order valence-corrected chi connectivity index (χ2v) is 6.12. The summed E-state index contributed by atoms with van der Waals surface area (Å²) in [7, 11) is 0. The van der Waals surface area contributed by atoms with Crippen LogP contribution in [0.4, 0.5) is 20.6 Å². The van der Waals surface area contributed by atoms with E-state index < -0.39 is 0 Å². The SMILES string of the molecule is O=C(CCc1ccc(F)cc1)Nc1ccc(NC(=O)NC2CC2)cc1. The summed E-state index contributed by atoms with van der Waals surface area (Å²) in [5, 5.41) is 8.40. The molecule has 3 rings (SSSR count). The Balaban J connectivity index is 1.44. The third-order valence-corrected chi connectivity index (χ3v) is 3.89. The van der Waals surface area contributed by atoms with Gasteiger partial charge in [-0.25, -0.2) is 9.18 Å². The number of rotatable bonds is 6. The van der Waals surface area contributed by atoms with Crippen molar-refractivity contribution in [2.45, 2.75) is 31.7 Å². The highest BCUT2D eigenvalue weighted by Gasteiger charge is 2.23. The molecule has 130 valence electrons. The molecule has 0 spiro atoms. The van der Waals surface area contributed by atoms with Crippen molar-refractivity contribution < 1.29 is 14.0 Å². The lowest BCUT2D eigenvalue weighted by molar-refractivity contribution is -0.116. The van der Waals surface area contributed by atoms with E-state index in [1.165, 1.54) is 12.1 Å². The van der Waals surface area contributed by atoms with E-state index in [0.717, 1.165) is 18.4 Å². The molecule has 0 aromatic heterocycles. The van der Waals surface area contributed by atoms with E-state index in [2.05, 4.69) is 16.0 Å². The Labute approximate surface area is 145 Å². The molecular weight excluding hydrogens is 321 g/mol. The Morgan fingerprint density at radius 1 is 0.920 bits per heavy atom. The summed E-state index contributed by atoms with van der Waals surface area (Å²) in [6.45, 7) is 0. The summed E-state index contributed by atoms with van der Waals surface area (Å²) in [5.41, 5.74) is 2.25. The summed E-state index contributed by atoms with van der Waals surface area (Å²) in [5.74, 6) is -0.399. The van der Waals surface area contributed by atoms with Crippen LogP contribution in [-0.2, 0) is 11.2 Å². The van der Waals surface area contributed by atoms with Crippen molar-refractivity contribution >= 4 is 23.3 Å². The fraction of sp³-hybridized carbons (Fsp3) is 0.263. The average Bonchev–Trinajstić information content (AvgIpc) is 3.40. The fourth-order valence-electron chi connectivity index (χ4n) is 2.35. The highest BCUT2D eigenvalue weighted by molar-refractivity contribution is 5.92. The second-order valence-electron chi connectivity index (χ2n) is 6.12. The summed E-state index contributed by atoms with van der Waals surface area (Å²) >= 11 is 0. The number of hydrogen-bond donors (Lipinski definition) is 3. The van der Waals surface area contributed by atoms with Gasteiger partial charge in [-0.1, -0.05) is 12.1 Å². The van der Waals surface area contributed by atoms with Crippen LogP contribution in [-0.4, -0.2) is 18.0 Å². The molecule has 5 nitrogen and oxygen atoms in total. The number of amides is 3. The van der Waals surface area contributed by atoms with Gasteiger partial charge in [0.2, 0.25) is 5.91 Å². The van der Waals surface area contributed by atoms with Gasteiger partial charge in [-0.05, 0) is 61.2 Å². The first kappa shape index (κ1) is 17.0. The van der Waals surface area contributed by atoms with E-state index in [-0.39, 0.29) is 17.8 Å². The monoisotopic (exact) mass is 341 g/mol. The zero-order valence-corrected chi connectivity index (χ0v) is 13.7. The molecular formula is C19H20FN3O2. The third kappa shape index (κ3) is 5.60. The molecule has 1 aliphatic rings. The maximum Gasteiger partial charge on any atom is 0.319 e. The van der Waals surface area contributed by atoms with Gasteiger partial charge >= 0.3 is 6.03 Å². The summed E-state index contributed by atoms with van der Waals surface area (Å²) < 4.78 is 12.8. The average molecular weight is 341 g/mol. The van der Waals surface area contributed by atoms with Crippen LogP contribution in [0.15, 0.2) is 48.5 Å². The van der Waals surface area contributed by atoms with Crippen molar-refractivity contribution in [2.75, 3.05) is 10.6 Å². The molecule has 2 aromatic carbocycles. The first-order chi connectivity index (χ1) is 12.1. The number of nitrogens with one attached hydrogen (secondary N) is 3. The lowest BCUT2D eigenvalue weighted by Gasteiger charge is -2.09. The van der Waals surface area contributed by atoms with E-state index in [4.69, 9.17) is 0 Å². The van der Waals surface area contributed by atoms with Crippen LogP contribution in [0.3, 0.4) is 0 Å². The quantitative estimate of drug-likeness (QED) is 0.750. The van der Waals surface area contributed by atoms with Crippen molar-refractivity contribution in [3.63, 3.8) is 0 Å². The van der Waals surface area contributed by atoms with Crippen molar-refractivity contribution in [1.29, 1.82) is 0 Å². The number of aryl methyl sites for hydroxylation is 1. The predicted molar refractivity (Wildman–Crippen MR) is 95.0 cm³/mol. The summed E-state index contributed by atoms with van der Waals surface area (Å²) in [6, 6.07) is 13.2. The van der Waals surface area contributed by atoms with Gasteiger partial charge in [-0.3, -0.25) is 4.79 Å². The van der Waals surface area contributed by atoms with Gasteiger partial charge in [0.05, 0.1) is 0 Å². The van der Waals surface area contributed by atoms with Gasteiger partial charge in [0.25, 0.3) is 0 Å². The van der Waals surface area contributed by atoms with Crippen LogP contribution in [0.25, 0.3) is 0 Å². The van der Waals surface area contributed by atoms with E-state index in [1.54, 1.807) is 36.4 Å². The van der Waals surface area contributed by atoms with Crippen molar-refractivity contribution in [1.82, 2.24) is 5.32 Å². The van der Waals surface area contributed by atoms with Crippen LogP contribution in [0.5, 0.6) is 0 Å². The number of hydrogen-bond acceptors (Lipinski definition) is 2. The molecule has 6 heteroatoms. The minimum Gasteiger partial charge on any atom is -0.335 e. The van der Waals surface area contributed by atoms with Gasteiger partial charge in [0, 0.05) is 23.8 Å². The molecule has 3 N–H and O–H groups in total. The smallest absolute Gasteiger partial charge is 0.319 e. The topological polar surface area (TPSA) is 70.2 Å². The van der Waals surface area contributed by atoms with Gasteiger partial charge < -0.3 is 16.0 Å². The third-order valence-electron chi connectivity index (χ3n) is 3.89. The Kier molecular flexibility index (Phi) is 5.28. The van der Waals surface area contributed by atoms with Crippen LogP contribution < -0.4 is 16.0 Å². The number of urea groups is 1. The number of carbonyl (C=O) groups is 2. The van der Waals surface area contributed by atoms with Crippen LogP contribution in [0.2, 0.25) is 0 Å². The highest BCUT2D eigenvalue weighted by atomic mass is 19.1. The first-order valence-electron chi connectivity index (χ1n) is 8.30. The van der Waals surface area contributed by atoms with Crippen molar-refractivity contribution in [3.8, 4) is 0 Å². The molecule has 0 aliphatic heterocycles. The number of halogens is 1. The van der Waals surface area contributed by atoms with Gasteiger partial charge in [-0.2, -0.15) is 0 Å². The largest absolute Gasteiger partial charge is 0.335 e. The molecule has 0 atom stereocenters. The van der Waals surface area contributed by atoms with E-state index in [0.29, 0.717) is 30.3 Å². The molecule has 1 fully saturated rings. The number of anilines is 2. The molecule has 1 aliphatic carbocycles. The molecule has 2 aromatic rings. The predicted octanol–water partition coefficient (Wildman–Crippen LogP) is 3.68. The standard InChI is InChI=1S/C19H20FN3O2/c20-14-4-1-13(2-5-14)3-12-18(24)21-15-6-8-16(9-7-15)22-19(25)23-17-10-11-17/h1-2,4-9,17H,3,10-12H2,(H,21,24)(H2,22,23,25). The Hall–Kier alpha value is -2.89. The minimum absolute atomic E-state index is 0.114. The molecule has 0 bridgehead atoms. The van der Waals surface area contributed by atoms with Crippen LogP contribution >= 0.6 is 0 Å². The van der Waals surface area contributed by atoms with E-state index in [1.807, 2.05) is 0 Å². The zero-order valence-electron chi connectivity index (χ0n) is 13.7. The second kappa shape index (κ2) is 7.79. The Bertz CT molecular complexity index is 740. The van der Waals surface area contributed by atoms with Crippen molar-refractivity contribution in [3.05, 3.63) is 59.9 Å². The zero-order chi connectivity index (χ0) is 17.6. The molecule has 25 heavy (non-hydrogen) atoms. The van der Waals surface area contributed by atoms with E-state index in [9.17, 15) is 14.0 Å². The lowest BCUT2D eigenvalue weighted by atomic mass is 10.1. The maximum absolute atomic E-state index is 12.8. The summed E-state index contributed by atoms with van der Waals surface area (Å²) in [6.07, 6.45) is 2.94. The lowest BCUT2D eigenvalue weighted by Crippen LogP contribution is -2.30. The molecule has 1 saturated carbocycles. The first-order valence-corrected chi connectivity index (χ1v) is 8.30. The summed E-state index contributed by atoms with van der Waals surface area (Å²) in [4.78, 5) is 23.6. The Morgan fingerprint density at radius 3 is 2.12 bits per heavy atom. The Morgan fingerprint density at radius 2 is 1.52 bits per heavy atom. The molecule has 3 amide bonds. The minimum atomic E-state index is -0.285. The van der Waals surface area contributed by atoms with Crippen molar-refractivity contribution in [2.24, 2.45) is 0 Å². The van der Waals surface area contributed by atoms with Gasteiger partial charge in [-0.15, -0.1) is 0 Å². The molecule has 0 radical (unpaired) electrons. The van der Waals surface area contributed by atoms with Gasteiger partial charge in [0.1, 0.15) is 5.82 Å². The van der Waals surface area contributed by atoms with Gasteiger partial charge in [0.15, 0.2) is 0 Å². The van der Waals surface area contributed by atoms with Crippen LogP contribution in [0, 0.1) is 5.82 Å². The highest BCUT2D eigenvalue weighted by Crippen LogP contribution is 2.19. The normalized spacial score (nSPS) is 13.2. The number of benzene rings is 2. The molecule has 0 unspecified atom stereocenters. The van der Waals surface area contributed by atoms with E-state index >= 15 is 0 Å². The maximum atomic E-state index is 12.8. The molecule has 0 heterocycles.